The zero-order chi connectivity index (χ0) is 14.7. The Balaban J connectivity index is 2.06. The smallest absolute Gasteiger partial charge is 0.325 e. The van der Waals surface area contributed by atoms with E-state index in [4.69, 9.17) is 5.84 Å². The third kappa shape index (κ3) is 2.78. The molecule has 0 bridgehead atoms. The first-order valence-corrected chi connectivity index (χ1v) is 7.02. The third-order valence-electron chi connectivity index (χ3n) is 2.88. The highest BCUT2D eigenvalue weighted by atomic mass is 32.1. The molecule has 20 heavy (non-hydrogen) atoms. The molecule has 0 saturated carbocycles. The zero-order valence-electron chi connectivity index (χ0n) is 10.9. The van der Waals surface area contributed by atoms with E-state index >= 15 is 0 Å². The van der Waals surface area contributed by atoms with Gasteiger partial charge in [-0.05, 0) is 6.42 Å². The van der Waals surface area contributed by atoms with Gasteiger partial charge in [0.15, 0.2) is 5.01 Å². The highest BCUT2D eigenvalue weighted by Gasteiger charge is 2.37. The number of hydrazine groups is 1. The molecule has 1 fully saturated rings. The number of hydrogen-bond donors (Lipinski definition) is 3. The van der Waals surface area contributed by atoms with Gasteiger partial charge in [0.2, 0.25) is 0 Å². The van der Waals surface area contributed by atoms with Gasteiger partial charge in [0.1, 0.15) is 6.04 Å². The molecule has 0 radical (unpaired) electrons. The van der Waals surface area contributed by atoms with E-state index < -0.39 is 18.0 Å². The molecule has 1 aromatic heterocycles. The van der Waals surface area contributed by atoms with Gasteiger partial charge in [-0.2, -0.15) is 0 Å². The molecule has 1 saturated heterocycles. The molecule has 2 heterocycles. The van der Waals surface area contributed by atoms with Crippen molar-refractivity contribution in [3.8, 4) is 0 Å². The minimum Gasteiger partial charge on any atom is -0.326 e. The first kappa shape index (κ1) is 14.4. The maximum Gasteiger partial charge on any atom is 0.325 e. The molecule has 0 aliphatic carbocycles. The number of aromatic nitrogens is 1. The third-order valence-corrected chi connectivity index (χ3v) is 3.77. The summed E-state index contributed by atoms with van der Waals surface area (Å²) in [6.45, 7) is 2.00. The van der Waals surface area contributed by atoms with Crippen molar-refractivity contribution in [2.24, 2.45) is 5.84 Å². The lowest BCUT2D eigenvalue weighted by Crippen LogP contribution is -2.31. The van der Waals surface area contributed by atoms with Crippen LogP contribution in [0.4, 0.5) is 4.79 Å². The van der Waals surface area contributed by atoms with Gasteiger partial charge in [-0.1, -0.05) is 13.3 Å². The first-order valence-electron chi connectivity index (χ1n) is 6.14. The lowest BCUT2D eigenvalue weighted by atomic mass is 10.2. The molecule has 1 aromatic rings. The zero-order valence-corrected chi connectivity index (χ0v) is 11.7. The van der Waals surface area contributed by atoms with Crippen molar-refractivity contribution in [2.45, 2.75) is 32.4 Å². The predicted molar refractivity (Wildman–Crippen MR) is 71.5 cm³/mol. The van der Waals surface area contributed by atoms with E-state index in [0.29, 0.717) is 12.1 Å². The summed E-state index contributed by atoms with van der Waals surface area (Å²) in [5.74, 6) is 4.26. The van der Waals surface area contributed by atoms with Crippen LogP contribution in [0.5, 0.6) is 0 Å². The number of imide groups is 1. The second-order valence-electron chi connectivity index (χ2n) is 4.33. The maximum atomic E-state index is 12.0. The van der Waals surface area contributed by atoms with Gasteiger partial charge in [0.05, 0.1) is 12.2 Å². The van der Waals surface area contributed by atoms with Crippen LogP contribution in [0.3, 0.4) is 0 Å². The van der Waals surface area contributed by atoms with Crippen molar-refractivity contribution >= 4 is 29.2 Å². The monoisotopic (exact) mass is 297 g/mol. The van der Waals surface area contributed by atoms with Crippen LogP contribution in [0.15, 0.2) is 5.38 Å². The maximum absolute atomic E-state index is 12.0. The normalized spacial score (nSPS) is 18.3. The molecule has 4 amide bonds. The highest BCUT2D eigenvalue weighted by Crippen LogP contribution is 2.16. The van der Waals surface area contributed by atoms with Crippen molar-refractivity contribution in [2.75, 3.05) is 0 Å². The fourth-order valence-corrected chi connectivity index (χ4v) is 2.63. The Bertz CT molecular complexity index is 544. The van der Waals surface area contributed by atoms with Crippen LogP contribution in [0.2, 0.25) is 0 Å². The second-order valence-corrected chi connectivity index (χ2v) is 5.19. The van der Waals surface area contributed by atoms with E-state index in [1.54, 1.807) is 5.38 Å². The molecule has 8 nitrogen and oxygen atoms in total. The first-order chi connectivity index (χ1) is 9.56. The van der Waals surface area contributed by atoms with Crippen LogP contribution < -0.4 is 16.6 Å². The predicted octanol–water partition coefficient (Wildman–Crippen LogP) is -0.0329. The Kier molecular flexibility index (Phi) is 4.30. The summed E-state index contributed by atoms with van der Waals surface area (Å²) < 4.78 is 0. The van der Waals surface area contributed by atoms with Crippen LogP contribution in [-0.4, -0.2) is 33.8 Å². The summed E-state index contributed by atoms with van der Waals surface area (Å²) in [7, 11) is 0. The lowest BCUT2D eigenvalue weighted by Gasteiger charge is -2.10. The van der Waals surface area contributed by atoms with Crippen LogP contribution in [0, 0.1) is 0 Å². The molecule has 0 aromatic carbocycles. The van der Waals surface area contributed by atoms with Gasteiger partial charge in [-0.25, -0.2) is 15.6 Å². The Hall–Kier alpha value is -2.00. The van der Waals surface area contributed by atoms with Gasteiger partial charge in [0.25, 0.3) is 11.8 Å². The van der Waals surface area contributed by atoms with Crippen molar-refractivity contribution in [3.63, 3.8) is 0 Å². The van der Waals surface area contributed by atoms with Gasteiger partial charge >= 0.3 is 6.03 Å². The van der Waals surface area contributed by atoms with Crippen molar-refractivity contribution in [1.29, 1.82) is 0 Å². The molecule has 9 heteroatoms. The molecule has 4 N–H and O–H groups in total. The molecule has 1 atom stereocenters. The summed E-state index contributed by atoms with van der Waals surface area (Å²) in [5.41, 5.74) is 2.46. The average Bonchev–Trinajstić information content (AvgIpc) is 2.99. The molecule has 108 valence electrons. The molecular formula is C11H15N5O3S. The molecule has 0 spiro atoms. The van der Waals surface area contributed by atoms with Crippen LogP contribution in [-0.2, 0) is 11.3 Å². The Morgan fingerprint density at radius 3 is 3.00 bits per heavy atom. The number of thiazole rings is 1. The minimum absolute atomic E-state index is 0.0548. The van der Waals surface area contributed by atoms with E-state index in [-0.39, 0.29) is 17.5 Å². The number of carbonyl (C=O) groups excluding carboxylic acids is 3. The summed E-state index contributed by atoms with van der Waals surface area (Å²) in [4.78, 5) is 40.2. The SMILES string of the molecule is CCCC1NC(=O)N(Cc2csc(C(=O)NN)n2)C1=O. The quantitative estimate of drug-likeness (QED) is 0.305. The van der Waals surface area contributed by atoms with Crippen LogP contribution in [0.1, 0.15) is 35.3 Å². The largest absolute Gasteiger partial charge is 0.326 e. The number of nitrogens with zero attached hydrogens (tertiary/aromatic N) is 2. The van der Waals surface area contributed by atoms with Crippen LogP contribution in [0.25, 0.3) is 0 Å². The van der Waals surface area contributed by atoms with E-state index in [1.165, 1.54) is 0 Å². The Morgan fingerprint density at radius 2 is 2.35 bits per heavy atom. The number of nitrogen functional groups attached to an aromatic ring is 1. The fourth-order valence-electron chi connectivity index (χ4n) is 1.92. The topological polar surface area (TPSA) is 117 Å². The van der Waals surface area contributed by atoms with E-state index in [9.17, 15) is 14.4 Å². The van der Waals surface area contributed by atoms with Crippen LogP contribution >= 0.6 is 11.3 Å². The molecule has 1 aliphatic heterocycles. The van der Waals surface area contributed by atoms with Crippen molar-refractivity contribution < 1.29 is 14.4 Å². The summed E-state index contributed by atoms with van der Waals surface area (Å²) >= 11 is 1.11. The number of amides is 4. The summed E-state index contributed by atoms with van der Waals surface area (Å²) in [6.07, 6.45) is 1.42. The molecule has 2 rings (SSSR count). The number of nitrogens with one attached hydrogen (secondary N) is 2. The van der Waals surface area contributed by atoms with E-state index in [1.807, 2.05) is 12.3 Å². The number of carbonyl (C=O) groups is 3. The molecule has 1 aliphatic rings. The number of rotatable bonds is 5. The molecular weight excluding hydrogens is 282 g/mol. The van der Waals surface area contributed by atoms with E-state index in [0.717, 1.165) is 22.7 Å². The van der Waals surface area contributed by atoms with E-state index in [2.05, 4.69) is 10.3 Å². The molecule has 1 unspecified atom stereocenters. The van der Waals surface area contributed by atoms with Gasteiger partial charge in [-0.3, -0.25) is 19.9 Å². The fraction of sp³-hybridized carbons (Fsp3) is 0.455. The van der Waals surface area contributed by atoms with Gasteiger partial charge < -0.3 is 5.32 Å². The van der Waals surface area contributed by atoms with Gasteiger partial charge in [0, 0.05) is 5.38 Å². The Morgan fingerprint density at radius 1 is 1.60 bits per heavy atom. The Labute approximate surface area is 119 Å². The lowest BCUT2D eigenvalue weighted by molar-refractivity contribution is -0.128. The minimum atomic E-state index is -0.498. The second kappa shape index (κ2) is 5.97. The summed E-state index contributed by atoms with van der Waals surface area (Å²) in [6, 6.07) is -0.885. The average molecular weight is 297 g/mol. The summed E-state index contributed by atoms with van der Waals surface area (Å²) in [5, 5.41) is 4.45. The number of urea groups is 1. The van der Waals surface area contributed by atoms with Crippen molar-refractivity contribution in [3.05, 3.63) is 16.1 Å². The van der Waals surface area contributed by atoms with Gasteiger partial charge in [-0.15, -0.1) is 11.3 Å². The number of hydrogen-bond acceptors (Lipinski definition) is 6. The number of nitrogens with two attached hydrogens (primary N) is 1. The standard InChI is InChI=1S/C11H15N5O3S/c1-2-3-7-10(18)16(11(19)14-7)4-6-5-20-9(13-6)8(17)15-12/h5,7H,2-4,12H2,1H3,(H,14,19)(H,15,17). The highest BCUT2D eigenvalue weighted by molar-refractivity contribution is 7.11. The van der Waals surface area contributed by atoms with Crippen molar-refractivity contribution in [1.82, 2.24) is 20.6 Å².